The van der Waals surface area contributed by atoms with Gasteiger partial charge in [-0.05, 0) is 49.3 Å². The Morgan fingerprint density at radius 2 is 2.20 bits per heavy atom. The minimum absolute atomic E-state index is 0.679. The first-order valence-electron chi connectivity index (χ1n) is 4.94. The van der Waals surface area contributed by atoms with Crippen LogP contribution in [0.25, 0.3) is 0 Å². The Bertz CT molecular complexity index is 352. The molecule has 0 saturated carbocycles. The lowest BCUT2D eigenvalue weighted by atomic mass is 10.2. The molecule has 15 heavy (non-hydrogen) atoms. The van der Waals surface area contributed by atoms with E-state index in [1.165, 1.54) is 5.56 Å². The predicted molar refractivity (Wildman–Crippen MR) is 73.4 cm³/mol. The van der Waals surface area contributed by atoms with Crippen molar-refractivity contribution in [2.45, 2.75) is 20.3 Å². The molecular formula is C11H15BrN2S. The number of hydrogen-bond acceptors (Lipinski definition) is 1. The molecule has 0 aliphatic carbocycles. The van der Waals surface area contributed by atoms with E-state index >= 15 is 0 Å². The van der Waals surface area contributed by atoms with Gasteiger partial charge in [0.05, 0.1) is 0 Å². The van der Waals surface area contributed by atoms with Crippen molar-refractivity contribution in [2.24, 2.45) is 0 Å². The molecule has 1 aromatic rings. The summed E-state index contributed by atoms with van der Waals surface area (Å²) in [5.41, 5.74) is 2.21. The normalized spacial score (nSPS) is 9.80. The van der Waals surface area contributed by atoms with Crippen molar-refractivity contribution in [3.63, 3.8) is 0 Å². The second-order valence-electron chi connectivity index (χ2n) is 3.34. The van der Waals surface area contributed by atoms with Crippen LogP contribution in [0.5, 0.6) is 0 Å². The number of halogens is 1. The summed E-state index contributed by atoms with van der Waals surface area (Å²) in [6, 6.07) is 6.07. The van der Waals surface area contributed by atoms with Crippen LogP contribution in [0, 0.1) is 6.92 Å². The fraction of sp³-hybridized carbons (Fsp3) is 0.364. The monoisotopic (exact) mass is 286 g/mol. The molecular weight excluding hydrogens is 272 g/mol. The zero-order valence-electron chi connectivity index (χ0n) is 8.93. The van der Waals surface area contributed by atoms with E-state index in [9.17, 15) is 0 Å². The topological polar surface area (TPSA) is 24.1 Å². The van der Waals surface area contributed by atoms with E-state index in [2.05, 4.69) is 46.5 Å². The molecule has 0 bridgehead atoms. The lowest BCUT2D eigenvalue weighted by Gasteiger charge is -2.10. The molecule has 0 unspecified atom stereocenters. The van der Waals surface area contributed by atoms with Crippen molar-refractivity contribution in [1.82, 2.24) is 5.32 Å². The van der Waals surface area contributed by atoms with Gasteiger partial charge in [0.1, 0.15) is 0 Å². The molecule has 0 amide bonds. The summed E-state index contributed by atoms with van der Waals surface area (Å²) < 4.78 is 1.11. The van der Waals surface area contributed by atoms with Crippen LogP contribution in [0.2, 0.25) is 0 Å². The average molecular weight is 287 g/mol. The lowest BCUT2D eigenvalue weighted by molar-refractivity contribution is 0.846. The van der Waals surface area contributed by atoms with E-state index in [0.29, 0.717) is 5.11 Å². The molecule has 0 fully saturated rings. The average Bonchev–Trinajstić information content (AvgIpc) is 2.20. The molecule has 0 aliphatic heterocycles. The van der Waals surface area contributed by atoms with Crippen molar-refractivity contribution < 1.29 is 0 Å². The second-order valence-corrected chi connectivity index (χ2v) is 4.61. The molecule has 4 heteroatoms. The number of anilines is 1. The van der Waals surface area contributed by atoms with Crippen LogP contribution in [0.3, 0.4) is 0 Å². The quantitative estimate of drug-likeness (QED) is 0.833. The summed E-state index contributed by atoms with van der Waals surface area (Å²) >= 11 is 8.60. The number of aryl methyl sites for hydroxylation is 1. The molecule has 1 rings (SSSR count). The van der Waals surface area contributed by atoms with Gasteiger partial charge in [0.15, 0.2) is 5.11 Å². The molecule has 0 aromatic heterocycles. The summed E-state index contributed by atoms with van der Waals surface area (Å²) in [6.07, 6.45) is 1.07. The highest BCUT2D eigenvalue weighted by Gasteiger charge is 1.99. The van der Waals surface area contributed by atoms with Crippen molar-refractivity contribution in [1.29, 1.82) is 0 Å². The van der Waals surface area contributed by atoms with Gasteiger partial charge < -0.3 is 10.6 Å². The smallest absolute Gasteiger partial charge is 0.170 e. The van der Waals surface area contributed by atoms with Gasteiger partial charge in [0.25, 0.3) is 0 Å². The highest BCUT2D eigenvalue weighted by atomic mass is 79.9. The van der Waals surface area contributed by atoms with Gasteiger partial charge >= 0.3 is 0 Å². The first kappa shape index (κ1) is 12.5. The number of hydrogen-bond donors (Lipinski definition) is 2. The van der Waals surface area contributed by atoms with E-state index in [-0.39, 0.29) is 0 Å². The molecule has 1 aromatic carbocycles. The van der Waals surface area contributed by atoms with Gasteiger partial charge in [-0.1, -0.05) is 22.9 Å². The lowest BCUT2D eigenvalue weighted by Crippen LogP contribution is -2.28. The van der Waals surface area contributed by atoms with Crippen LogP contribution >= 0.6 is 28.1 Å². The van der Waals surface area contributed by atoms with Gasteiger partial charge in [-0.15, -0.1) is 0 Å². The fourth-order valence-electron chi connectivity index (χ4n) is 1.14. The molecule has 2 nitrogen and oxygen atoms in total. The number of nitrogens with one attached hydrogen (secondary N) is 2. The SMILES string of the molecule is CCCNC(=S)Nc1ccc(Br)c(C)c1. The van der Waals surface area contributed by atoms with Gasteiger partial charge in [0.2, 0.25) is 0 Å². The molecule has 0 heterocycles. The standard InChI is InChI=1S/C11H15BrN2S/c1-3-6-13-11(15)14-9-4-5-10(12)8(2)7-9/h4-5,7H,3,6H2,1-2H3,(H2,13,14,15). The maximum atomic E-state index is 5.14. The molecule has 0 spiro atoms. The third kappa shape index (κ3) is 4.18. The highest BCUT2D eigenvalue weighted by molar-refractivity contribution is 9.10. The highest BCUT2D eigenvalue weighted by Crippen LogP contribution is 2.19. The Labute approximate surface area is 105 Å². The van der Waals surface area contributed by atoms with E-state index < -0.39 is 0 Å². The zero-order valence-corrected chi connectivity index (χ0v) is 11.3. The maximum Gasteiger partial charge on any atom is 0.170 e. The third-order valence-corrected chi connectivity index (χ3v) is 3.09. The molecule has 82 valence electrons. The van der Waals surface area contributed by atoms with Crippen LogP contribution in [0.15, 0.2) is 22.7 Å². The Morgan fingerprint density at radius 3 is 2.80 bits per heavy atom. The Morgan fingerprint density at radius 1 is 1.47 bits per heavy atom. The van der Waals surface area contributed by atoms with Crippen LogP contribution in [0.1, 0.15) is 18.9 Å². The summed E-state index contributed by atoms with van der Waals surface area (Å²) in [7, 11) is 0. The van der Waals surface area contributed by atoms with Gasteiger partial charge in [-0.25, -0.2) is 0 Å². The first-order chi connectivity index (χ1) is 7.13. The van der Waals surface area contributed by atoms with Crippen molar-refractivity contribution in [3.8, 4) is 0 Å². The van der Waals surface area contributed by atoms with Crippen LogP contribution < -0.4 is 10.6 Å². The molecule has 0 saturated heterocycles. The second kappa shape index (κ2) is 6.08. The van der Waals surface area contributed by atoms with E-state index in [1.54, 1.807) is 0 Å². The van der Waals surface area contributed by atoms with E-state index in [0.717, 1.165) is 23.1 Å². The molecule has 2 N–H and O–H groups in total. The van der Waals surface area contributed by atoms with Crippen LogP contribution in [-0.2, 0) is 0 Å². The minimum Gasteiger partial charge on any atom is -0.362 e. The third-order valence-electron chi connectivity index (χ3n) is 1.95. The van der Waals surface area contributed by atoms with Gasteiger partial charge in [-0.3, -0.25) is 0 Å². The Hall–Kier alpha value is -0.610. The fourth-order valence-corrected chi connectivity index (χ4v) is 1.60. The summed E-state index contributed by atoms with van der Waals surface area (Å²) in [6.45, 7) is 5.07. The summed E-state index contributed by atoms with van der Waals surface area (Å²) in [5, 5.41) is 6.95. The van der Waals surface area contributed by atoms with Gasteiger partial charge in [-0.2, -0.15) is 0 Å². The van der Waals surface area contributed by atoms with Crippen molar-refractivity contribution in [3.05, 3.63) is 28.2 Å². The maximum absolute atomic E-state index is 5.14. The Balaban J connectivity index is 2.57. The number of thiocarbonyl (C=S) groups is 1. The van der Waals surface area contributed by atoms with Crippen LogP contribution in [0.4, 0.5) is 5.69 Å². The van der Waals surface area contributed by atoms with Crippen LogP contribution in [-0.4, -0.2) is 11.7 Å². The minimum atomic E-state index is 0.679. The zero-order chi connectivity index (χ0) is 11.3. The van der Waals surface area contributed by atoms with Gasteiger partial charge in [0, 0.05) is 16.7 Å². The largest absolute Gasteiger partial charge is 0.362 e. The van der Waals surface area contributed by atoms with Crippen molar-refractivity contribution in [2.75, 3.05) is 11.9 Å². The van der Waals surface area contributed by atoms with Crippen molar-refractivity contribution >= 4 is 38.9 Å². The predicted octanol–water partition coefficient (Wildman–Crippen LogP) is 3.45. The Kier molecular flexibility index (Phi) is 5.05. The van der Waals surface area contributed by atoms with E-state index in [1.807, 2.05) is 12.1 Å². The van der Waals surface area contributed by atoms with E-state index in [4.69, 9.17) is 12.2 Å². The number of benzene rings is 1. The molecule has 0 atom stereocenters. The number of rotatable bonds is 3. The first-order valence-corrected chi connectivity index (χ1v) is 6.14. The summed E-state index contributed by atoms with van der Waals surface area (Å²) in [5.74, 6) is 0. The molecule has 0 aliphatic rings. The summed E-state index contributed by atoms with van der Waals surface area (Å²) in [4.78, 5) is 0. The molecule has 0 radical (unpaired) electrons.